The SMILES string of the molecule is C#CCN1C(=O)[C@]2(C)[C@H](c3ccccc31)[C@@H](C(=O)O)CN2C(=O)c1cccs1. The van der Waals surface area contributed by atoms with Gasteiger partial charge in [0.1, 0.15) is 5.54 Å². The second-order valence-electron chi connectivity index (χ2n) is 7.12. The Hall–Kier alpha value is -3.11. The van der Waals surface area contributed by atoms with E-state index < -0.39 is 23.3 Å². The van der Waals surface area contributed by atoms with Crippen molar-refractivity contribution in [3.63, 3.8) is 0 Å². The van der Waals surface area contributed by atoms with E-state index in [4.69, 9.17) is 6.42 Å². The average Bonchev–Trinajstić information content (AvgIpc) is 3.32. The highest BCUT2D eigenvalue weighted by molar-refractivity contribution is 7.12. The minimum atomic E-state index is -1.32. The van der Waals surface area contributed by atoms with E-state index in [9.17, 15) is 19.5 Å². The molecule has 7 heteroatoms. The largest absolute Gasteiger partial charge is 0.481 e. The van der Waals surface area contributed by atoms with Crippen LogP contribution in [0.4, 0.5) is 5.69 Å². The Kier molecular flexibility index (Phi) is 4.24. The van der Waals surface area contributed by atoms with Crippen LogP contribution in [0.3, 0.4) is 0 Å². The van der Waals surface area contributed by atoms with E-state index in [0.29, 0.717) is 10.6 Å². The Bertz CT molecular complexity index is 1010. The maximum atomic E-state index is 13.6. The number of nitrogens with zero attached hydrogens (tertiary/aromatic N) is 2. The Morgan fingerprint density at radius 1 is 1.32 bits per heavy atom. The lowest BCUT2D eigenvalue weighted by molar-refractivity contribution is -0.141. The van der Waals surface area contributed by atoms with Gasteiger partial charge in [-0.05, 0) is 30.0 Å². The zero-order chi connectivity index (χ0) is 20.1. The van der Waals surface area contributed by atoms with Crippen LogP contribution >= 0.6 is 11.3 Å². The molecule has 2 aliphatic heterocycles. The third-order valence-corrected chi connectivity index (χ3v) is 6.59. The summed E-state index contributed by atoms with van der Waals surface area (Å²) < 4.78 is 0. The summed E-state index contributed by atoms with van der Waals surface area (Å²) in [6.07, 6.45) is 5.49. The second-order valence-corrected chi connectivity index (χ2v) is 8.06. The molecular formula is C21H18N2O4S. The molecule has 0 aliphatic carbocycles. The van der Waals surface area contributed by atoms with Crippen LogP contribution in [0.1, 0.15) is 28.1 Å². The van der Waals surface area contributed by atoms with Gasteiger partial charge in [-0.25, -0.2) is 0 Å². The molecule has 3 atom stereocenters. The lowest BCUT2D eigenvalue weighted by Crippen LogP contribution is -2.61. The number of fused-ring (bicyclic) bond motifs is 3. The van der Waals surface area contributed by atoms with Crippen molar-refractivity contribution in [3.8, 4) is 12.3 Å². The quantitative estimate of drug-likeness (QED) is 0.811. The van der Waals surface area contributed by atoms with E-state index in [-0.39, 0.29) is 24.9 Å². The van der Waals surface area contributed by atoms with Crippen LogP contribution in [0.2, 0.25) is 0 Å². The molecular weight excluding hydrogens is 376 g/mol. The van der Waals surface area contributed by atoms with E-state index in [1.807, 2.05) is 12.1 Å². The zero-order valence-corrected chi connectivity index (χ0v) is 16.0. The molecule has 2 aliphatic rings. The number of para-hydroxylation sites is 1. The van der Waals surface area contributed by atoms with Crippen LogP contribution in [0.25, 0.3) is 0 Å². The summed E-state index contributed by atoms with van der Waals surface area (Å²) >= 11 is 1.27. The number of benzene rings is 1. The molecule has 0 unspecified atom stereocenters. The fourth-order valence-electron chi connectivity index (χ4n) is 4.49. The zero-order valence-electron chi connectivity index (χ0n) is 15.2. The number of carboxylic acid groups (broad SMARTS) is 1. The minimum absolute atomic E-state index is 0.0306. The molecule has 1 fully saturated rings. The summed E-state index contributed by atoms with van der Waals surface area (Å²) in [7, 11) is 0. The number of hydrogen-bond donors (Lipinski definition) is 1. The van der Waals surface area contributed by atoms with Crippen molar-refractivity contribution in [2.45, 2.75) is 18.4 Å². The number of thiophene rings is 1. The molecule has 2 aromatic rings. The van der Waals surface area contributed by atoms with Crippen molar-refractivity contribution >= 4 is 34.8 Å². The van der Waals surface area contributed by atoms with Gasteiger partial charge in [0.15, 0.2) is 0 Å². The first-order chi connectivity index (χ1) is 13.4. The van der Waals surface area contributed by atoms with Gasteiger partial charge in [-0.1, -0.05) is 30.2 Å². The summed E-state index contributed by atoms with van der Waals surface area (Å²) in [5, 5.41) is 11.7. The number of likely N-dealkylation sites (tertiary alicyclic amines) is 1. The highest BCUT2D eigenvalue weighted by atomic mass is 32.1. The number of carbonyl (C=O) groups excluding carboxylic acids is 2. The van der Waals surface area contributed by atoms with Gasteiger partial charge < -0.3 is 10.0 Å². The fourth-order valence-corrected chi connectivity index (χ4v) is 5.17. The van der Waals surface area contributed by atoms with E-state index in [1.54, 1.807) is 36.6 Å². The smallest absolute Gasteiger partial charge is 0.309 e. The Morgan fingerprint density at radius 3 is 2.71 bits per heavy atom. The van der Waals surface area contributed by atoms with Crippen LogP contribution in [0.5, 0.6) is 0 Å². The number of hydrogen-bond acceptors (Lipinski definition) is 4. The second kappa shape index (κ2) is 6.50. The molecule has 142 valence electrons. The van der Waals surface area contributed by atoms with Crippen molar-refractivity contribution in [2.24, 2.45) is 5.92 Å². The Labute approximate surface area is 166 Å². The van der Waals surface area contributed by atoms with Crippen molar-refractivity contribution in [3.05, 3.63) is 52.2 Å². The van der Waals surface area contributed by atoms with Gasteiger partial charge >= 0.3 is 5.97 Å². The maximum Gasteiger partial charge on any atom is 0.309 e. The van der Waals surface area contributed by atoms with Crippen LogP contribution < -0.4 is 4.90 Å². The molecule has 1 N–H and O–H groups in total. The average molecular weight is 394 g/mol. The van der Waals surface area contributed by atoms with Crippen molar-refractivity contribution < 1.29 is 19.5 Å². The number of carbonyl (C=O) groups is 3. The lowest BCUT2D eigenvalue weighted by atomic mass is 9.72. The molecule has 3 heterocycles. The number of amides is 2. The first-order valence-electron chi connectivity index (χ1n) is 8.84. The molecule has 0 bridgehead atoms. The van der Waals surface area contributed by atoms with Gasteiger partial charge in [0.05, 0.1) is 17.3 Å². The third-order valence-electron chi connectivity index (χ3n) is 5.73. The van der Waals surface area contributed by atoms with Gasteiger partial charge in [-0.15, -0.1) is 17.8 Å². The van der Waals surface area contributed by atoms with Gasteiger partial charge in [-0.2, -0.15) is 0 Å². The number of carboxylic acids is 1. The van der Waals surface area contributed by atoms with Crippen LogP contribution in [-0.2, 0) is 9.59 Å². The normalized spacial score (nSPS) is 25.8. The van der Waals surface area contributed by atoms with Gasteiger partial charge in [0, 0.05) is 18.2 Å². The topological polar surface area (TPSA) is 77.9 Å². The lowest BCUT2D eigenvalue weighted by Gasteiger charge is -2.46. The molecule has 4 rings (SSSR count). The summed E-state index contributed by atoms with van der Waals surface area (Å²) in [5.41, 5.74) is 0.0216. The molecule has 0 spiro atoms. The summed E-state index contributed by atoms with van der Waals surface area (Å²) in [6.45, 7) is 1.68. The highest BCUT2D eigenvalue weighted by Crippen LogP contribution is 2.53. The molecule has 1 saturated heterocycles. The van der Waals surface area contributed by atoms with Gasteiger partial charge in [0.25, 0.3) is 11.8 Å². The first kappa shape index (κ1) is 18.3. The maximum absolute atomic E-state index is 13.6. The van der Waals surface area contributed by atoms with E-state index in [1.165, 1.54) is 21.1 Å². The van der Waals surface area contributed by atoms with E-state index >= 15 is 0 Å². The van der Waals surface area contributed by atoms with Crippen molar-refractivity contribution in [1.82, 2.24) is 4.90 Å². The molecule has 1 aromatic carbocycles. The first-order valence-corrected chi connectivity index (χ1v) is 9.71. The third kappa shape index (κ3) is 2.38. The predicted molar refractivity (Wildman–Crippen MR) is 105 cm³/mol. The number of aliphatic carboxylic acids is 1. The van der Waals surface area contributed by atoms with Crippen LogP contribution in [0, 0.1) is 18.3 Å². The fraction of sp³-hybridized carbons (Fsp3) is 0.286. The van der Waals surface area contributed by atoms with E-state index in [0.717, 1.165) is 5.56 Å². The molecule has 1 aromatic heterocycles. The number of anilines is 1. The molecule has 0 radical (unpaired) electrons. The summed E-state index contributed by atoms with van der Waals surface area (Å²) in [6, 6.07) is 10.6. The van der Waals surface area contributed by atoms with Crippen LogP contribution in [0.15, 0.2) is 41.8 Å². The number of terminal acetylenes is 1. The summed E-state index contributed by atoms with van der Waals surface area (Å²) in [5.74, 6) is -0.731. The molecule has 0 saturated carbocycles. The standard InChI is InChI=1S/C21H18N2O4S/c1-3-10-22-15-8-5-4-7-13(15)17-14(19(25)26)12-23(21(17,2)20(22)27)18(24)16-9-6-11-28-16/h1,4-9,11,14,17H,10,12H2,2H3,(H,25,26)/t14-,17+,21-/m0/s1. The Balaban J connectivity index is 1.92. The molecule has 2 amide bonds. The number of rotatable bonds is 3. The minimum Gasteiger partial charge on any atom is -0.481 e. The predicted octanol–water partition coefficient (Wildman–Crippen LogP) is 2.43. The van der Waals surface area contributed by atoms with Gasteiger partial charge in [0.2, 0.25) is 0 Å². The monoisotopic (exact) mass is 394 g/mol. The molecule has 28 heavy (non-hydrogen) atoms. The van der Waals surface area contributed by atoms with E-state index in [2.05, 4.69) is 5.92 Å². The van der Waals surface area contributed by atoms with Crippen LogP contribution in [-0.4, -0.2) is 46.4 Å². The van der Waals surface area contributed by atoms with Crippen molar-refractivity contribution in [2.75, 3.05) is 18.0 Å². The highest BCUT2D eigenvalue weighted by Gasteiger charge is 2.63. The summed E-state index contributed by atoms with van der Waals surface area (Å²) in [4.78, 5) is 42.2. The van der Waals surface area contributed by atoms with Crippen molar-refractivity contribution in [1.29, 1.82) is 0 Å². The molecule has 6 nitrogen and oxygen atoms in total. The van der Waals surface area contributed by atoms with Gasteiger partial charge in [-0.3, -0.25) is 19.3 Å². The Morgan fingerprint density at radius 2 is 2.07 bits per heavy atom.